The summed E-state index contributed by atoms with van der Waals surface area (Å²) in [5.74, 6) is 1.59. The molecule has 2 fully saturated rings. The number of ether oxygens (including phenoxy) is 1. The van der Waals surface area contributed by atoms with E-state index in [9.17, 15) is 9.59 Å². The van der Waals surface area contributed by atoms with Gasteiger partial charge in [-0.2, -0.15) is 0 Å². The Kier molecular flexibility index (Phi) is 6.95. The van der Waals surface area contributed by atoms with Crippen molar-refractivity contribution in [2.75, 3.05) is 26.2 Å². The number of carbonyl (C=O) groups is 2. The van der Waals surface area contributed by atoms with E-state index in [0.717, 1.165) is 48.5 Å². The first-order chi connectivity index (χ1) is 17.0. The van der Waals surface area contributed by atoms with E-state index in [-0.39, 0.29) is 23.8 Å². The van der Waals surface area contributed by atoms with Crippen molar-refractivity contribution in [1.82, 2.24) is 19.8 Å². The van der Waals surface area contributed by atoms with Crippen molar-refractivity contribution in [3.8, 4) is 5.75 Å². The van der Waals surface area contributed by atoms with Gasteiger partial charge in [-0.3, -0.25) is 9.59 Å². The molecule has 0 unspecified atom stereocenters. The average molecular weight is 495 g/mol. The van der Waals surface area contributed by atoms with Gasteiger partial charge in [0.2, 0.25) is 5.91 Å². The van der Waals surface area contributed by atoms with Crippen LogP contribution in [0.4, 0.5) is 0 Å². The van der Waals surface area contributed by atoms with Crippen LogP contribution in [-0.2, 0) is 4.79 Å². The number of benzene rings is 2. The number of halogens is 1. The lowest BCUT2D eigenvalue weighted by Gasteiger charge is -2.39. The molecule has 2 aromatic carbocycles. The average Bonchev–Trinajstić information content (AvgIpc) is 3.25. The number of carbonyl (C=O) groups excluding carboxylic acids is 2. The van der Waals surface area contributed by atoms with Gasteiger partial charge in [0.15, 0.2) is 0 Å². The molecule has 0 aliphatic carbocycles. The van der Waals surface area contributed by atoms with Crippen molar-refractivity contribution in [3.63, 3.8) is 0 Å². The molecule has 1 aromatic heterocycles. The van der Waals surface area contributed by atoms with Gasteiger partial charge in [0.05, 0.1) is 11.0 Å². The normalized spacial score (nSPS) is 20.7. The van der Waals surface area contributed by atoms with Gasteiger partial charge in [0.25, 0.3) is 5.91 Å². The minimum absolute atomic E-state index is 0.0282. The molecule has 184 valence electrons. The van der Waals surface area contributed by atoms with E-state index in [4.69, 9.17) is 16.3 Å². The van der Waals surface area contributed by atoms with Crippen molar-refractivity contribution in [2.24, 2.45) is 5.92 Å². The lowest BCUT2D eigenvalue weighted by Crippen LogP contribution is -2.49. The number of hydrogen-bond acceptors (Lipinski definition) is 4. The number of piperidine rings is 2. The van der Waals surface area contributed by atoms with Crippen molar-refractivity contribution < 1.29 is 14.3 Å². The molecule has 3 heterocycles. The van der Waals surface area contributed by atoms with Crippen LogP contribution in [0.15, 0.2) is 42.5 Å². The molecule has 2 atom stereocenters. The molecule has 7 nitrogen and oxygen atoms in total. The van der Waals surface area contributed by atoms with Gasteiger partial charge in [0, 0.05) is 55.5 Å². The van der Waals surface area contributed by atoms with Crippen LogP contribution < -0.4 is 4.74 Å². The Morgan fingerprint density at radius 1 is 1.06 bits per heavy atom. The van der Waals surface area contributed by atoms with Crippen molar-refractivity contribution in [3.05, 3.63) is 58.9 Å². The third kappa shape index (κ3) is 5.45. The second kappa shape index (κ2) is 10.3. The van der Waals surface area contributed by atoms with Crippen LogP contribution in [-0.4, -0.2) is 63.9 Å². The van der Waals surface area contributed by atoms with E-state index < -0.39 is 0 Å². The molecule has 5 rings (SSSR count). The molecular weight excluding hydrogens is 464 g/mol. The van der Waals surface area contributed by atoms with E-state index in [1.165, 1.54) is 6.42 Å². The minimum Gasteiger partial charge on any atom is -0.490 e. The van der Waals surface area contributed by atoms with E-state index in [1.54, 1.807) is 12.1 Å². The Morgan fingerprint density at radius 2 is 1.83 bits per heavy atom. The Balaban J connectivity index is 1.33. The van der Waals surface area contributed by atoms with E-state index in [0.29, 0.717) is 36.5 Å². The third-order valence-electron chi connectivity index (χ3n) is 7.05. The van der Waals surface area contributed by atoms with Gasteiger partial charge >= 0.3 is 0 Å². The highest BCUT2D eigenvalue weighted by atomic mass is 35.5. The standard InChI is InChI=1S/C27H31ClN4O3/c1-18-29-23-10-5-19(15-24(23)30-18)27(34)32-14-11-25(35-22-8-6-21(28)7-9-22)20(17-32)16-26(33)31-12-3-2-4-13-31/h5-10,15,20,25H,2-4,11-14,16-17H2,1H3,(H,29,30)/t20-,25-/m0/s1. The number of likely N-dealkylation sites (tertiary alicyclic amines) is 2. The Bertz CT molecular complexity index is 1200. The smallest absolute Gasteiger partial charge is 0.253 e. The number of nitrogens with one attached hydrogen (secondary N) is 1. The van der Waals surface area contributed by atoms with Gasteiger partial charge in [-0.05, 0) is 68.7 Å². The first-order valence-corrected chi connectivity index (χ1v) is 12.8. The molecule has 1 N–H and O–H groups in total. The summed E-state index contributed by atoms with van der Waals surface area (Å²) >= 11 is 6.03. The molecule has 0 radical (unpaired) electrons. The molecule has 35 heavy (non-hydrogen) atoms. The summed E-state index contributed by atoms with van der Waals surface area (Å²) in [7, 11) is 0. The fourth-order valence-electron chi connectivity index (χ4n) is 5.18. The number of rotatable bonds is 5. The van der Waals surface area contributed by atoms with Gasteiger partial charge < -0.3 is 19.5 Å². The topological polar surface area (TPSA) is 78.5 Å². The summed E-state index contributed by atoms with van der Waals surface area (Å²) in [6, 6.07) is 12.9. The van der Waals surface area contributed by atoms with Gasteiger partial charge in [-0.1, -0.05) is 11.6 Å². The number of nitrogens with zero attached hydrogens (tertiary/aromatic N) is 3. The van der Waals surface area contributed by atoms with Crippen LogP contribution in [0.5, 0.6) is 5.75 Å². The van der Waals surface area contributed by atoms with Gasteiger partial charge in [-0.15, -0.1) is 0 Å². The first kappa shape index (κ1) is 23.7. The molecule has 2 aliphatic rings. The third-order valence-corrected chi connectivity index (χ3v) is 7.30. The number of fused-ring (bicyclic) bond motifs is 1. The van der Waals surface area contributed by atoms with Crippen LogP contribution in [0.1, 0.15) is 48.3 Å². The maximum atomic E-state index is 13.4. The number of aryl methyl sites for hydroxylation is 1. The number of aromatic nitrogens is 2. The van der Waals surface area contributed by atoms with E-state index in [2.05, 4.69) is 9.97 Å². The van der Waals surface area contributed by atoms with E-state index >= 15 is 0 Å². The predicted molar refractivity (Wildman–Crippen MR) is 136 cm³/mol. The zero-order chi connectivity index (χ0) is 24.4. The van der Waals surface area contributed by atoms with Crippen LogP contribution in [0.25, 0.3) is 11.0 Å². The second-order valence-electron chi connectivity index (χ2n) is 9.61. The number of amides is 2. The maximum Gasteiger partial charge on any atom is 0.253 e. The number of aromatic amines is 1. The highest BCUT2D eigenvalue weighted by molar-refractivity contribution is 6.30. The monoisotopic (exact) mass is 494 g/mol. The Labute approximate surface area is 210 Å². The number of H-pyrrole nitrogens is 1. The molecule has 0 spiro atoms. The summed E-state index contributed by atoms with van der Waals surface area (Å²) in [4.78, 5) is 38.0. The number of hydrogen-bond donors (Lipinski definition) is 1. The van der Waals surface area contributed by atoms with Gasteiger partial charge in [-0.25, -0.2) is 4.98 Å². The minimum atomic E-state index is -0.147. The maximum absolute atomic E-state index is 13.4. The quantitative estimate of drug-likeness (QED) is 0.550. The second-order valence-corrected chi connectivity index (χ2v) is 10.0. The molecule has 2 aliphatic heterocycles. The van der Waals surface area contributed by atoms with Crippen LogP contribution in [0, 0.1) is 12.8 Å². The summed E-state index contributed by atoms with van der Waals surface area (Å²) < 4.78 is 6.32. The fourth-order valence-corrected chi connectivity index (χ4v) is 5.31. The molecular formula is C27H31ClN4O3. The largest absolute Gasteiger partial charge is 0.490 e. The van der Waals surface area contributed by atoms with Crippen molar-refractivity contribution in [2.45, 2.75) is 45.1 Å². The zero-order valence-corrected chi connectivity index (χ0v) is 20.8. The van der Waals surface area contributed by atoms with E-state index in [1.807, 2.05) is 47.1 Å². The SMILES string of the molecule is Cc1nc2ccc(C(=O)N3CC[C@H](Oc4ccc(Cl)cc4)[C@@H](CC(=O)N4CCCCC4)C3)cc2[nH]1. The summed E-state index contributed by atoms with van der Waals surface area (Å²) in [5.41, 5.74) is 2.32. The van der Waals surface area contributed by atoms with Crippen molar-refractivity contribution >= 4 is 34.4 Å². The summed E-state index contributed by atoms with van der Waals surface area (Å²) in [6.45, 7) is 4.60. The molecule has 0 bridgehead atoms. The van der Waals surface area contributed by atoms with Crippen LogP contribution in [0.2, 0.25) is 5.02 Å². The molecule has 2 amide bonds. The lowest BCUT2D eigenvalue weighted by atomic mass is 9.90. The summed E-state index contributed by atoms with van der Waals surface area (Å²) in [5, 5.41) is 0.652. The zero-order valence-electron chi connectivity index (χ0n) is 20.0. The molecule has 3 aromatic rings. The van der Waals surface area contributed by atoms with Crippen LogP contribution >= 0.6 is 11.6 Å². The van der Waals surface area contributed by atoms with Gasteiger partial charge in [0.1, 0.15) is 17.7 Å². The van der Waals surface area contributed by atoms with Crippen LogP contribution in [0.3, 0.4) is 0 Å². The Morgan fingerprint density at radius 3 is 2.60 bits per heavy atom. The molecule has 8 heteroatoms. The molecule has 0 saturated carbocycles. The lowest BCUT2D eigenvalue weighted by molar-refractivity contribution is -0.134. The highest BCUT2D eigenvalue weighted by Crippen LogP contribution is 2.29. The van der Waals surface area contributed by atoms with Crippen molar-refractivity contribution in [1.29, 1.82) is 0 Å². The fraction of sp³-hybridized carbons (Fsp3) is 0.444. The predicted octanol–water partition coefficient (Wildman–Crippen LogP) is 4.84. The highest BCUT2D eigenvalue weighted by Gasteiger charge is 2.36. The first-order valence-electron chi connectivity index (χ1n) is 12.4. The summed E-state index contributed by atoms with van der Waals surface area (Å²) in [6.07, 6.45) is 4.19. The number of imidazole rings is 1. The Hall–Kier alpha value is -3.06. The molecule has 2 saturated heterocycles.